The maximum absolute atomic E-state index is 12.6. The van der Waals surface area contributed by atoms with Crippen LogP contribution in [0.5, 0.6) is 0 Å². The Morgan fingerprint density at radius 3 is 1.20 bits per heavy atom. The molecule has 3 saturated heterocycles. The predicted octanol–water partition coefficient (Wildman–Crippen LogP) is 24.2. The SMILES string of the molecule is C.C.C.C.C.C.CC(C)C.CC(C)c1ccccc1.CCC(C)(C)C(=O)OC1(CC)C2CC3CC(C2)CC1C3.CCC(C)(C)C(=O)OC12CC3CC(CC(O)(C3)C1)C2.CCC(C)(C)C(=O)OC1C2CC3C(=O)OC1C3O2.COCOCCN(CCOCOC)CCOCOC.CO[Si](C)(C)O.O=S(=O)([O-])C(F)(F)C(F)(F)C(F)(F)C(F)(F)F.c1ccc([S+](c2ccccc2)c2ccccc2)cc1. The maximum Gasteiger partial charge on any atom is 0.460 e. The highest BCUT2D eigenvalue weighted by atomic mass is 32.2. The van der Waals surface area contributed by atoms with Crippen LogP contribution in [0.1, 0.15) is 263 Å². The Hall–Kier alpha value is -5.83. The third-order valence-corrected chi connectivity index (χ3v) is 29.7. The molecule has 22 nitrogen and oxygen atoms in total. The monoisotopic (exact) mass is 2020 g/mol. The number of carbonyl (C=O) groups is 4. The van der Waals surface area contributed by atoms with Crippen LogP contribution < -0.4 is 0 Å². The second-order valence-corrected chi connectivity index (χ2v) is 45.6. The van der Waals surface area contributed by atoms with Crippen LogP contribution in [0.2, 0.25) is 13.1 Å². The summed E-state index contributed by atoms with van der Waals surface area (Å²) in [6, 6.07) is 42.7. The molecule has 4 aromatic rings. The highest BCUT2D eigenvalue weighted by Crippen LogP contribution is 2.62. The summed E-state index contributed by atoms with van der Waals surface area (Å²) in [5.74, 6) is -9.72. The number of hydrogen-bond donors (Lipinski definition) is 2. The van der Waals surface area contributed by atoms with Gasteiger partial charge in [-0.25, -0.2) is 8.42 Å². The minimum Gasteiger partial charge on any atom is -0.743 e. The van der Waals surface area contributed by atoms with Crippen molar-refractivity contribution in [3.05, 3.63) is 127 Å². The first kappa shape index (κ1) is 133. The molecule has 4 aromatic carbocycles. The Labute approximate surface area is 820 Å². The molecule has 8 saturated carbocycles. The number of aliphatic hydroxyl groups is 1. The molecule has 3 heterocycles. The molecule has 10 bridgehead atoms. The van der Waals surface area contributed by atoms with Crippen molar-refractivity contribution in [1.29, 1.82) is 0 Å². The van der Waals surface area contributed by atoms with Gasteiger partial charge in [-0.1, -0.05) is 192 Å². The van der Waals surface area contributed by atoms with E-state index in [4.69, 9.17) is 56.9 Å². The molecule has 137 heavy (non-hydrogen) atoms. The van der Waals surface area contributed by atoms with E-state index in [0.29, 0.717) is 89.1 Å². The predicted molar refractivity (Wildman–Crippen MR) is 524 cm³/mol. The van der Waals surface area contributed by atoms with Gasteiger partial charge in [-0.3, -0.25) is 24.1 Å². The largest absolute Gasteiger partial charge is 0.743 e. The number of methoxy groups -OCH3 is 3. The summed E-state index contributed by atoms with van der Waals surface area (Å²) in [5.41, 5.74) is -0.885. The fourth-order valence-corrected chi connectivity index (χ4v) is 20.1. The Morgan fingerprint density at radius 1 is 0.533 bits per heavy atom. The first-order valence-electron chi connectivity index (χ1n) is 45.6. The van der Waals surface area contributed by atoms with E-state index < -0.39 is 70.6 Å². The number of esters is 4. The molecule has 2 N–H and O–H groups in total. The van der Waals surface area contributed by atoms with Crippen molar-refractivity contribution in [2.24, 2.45) is 63.6 Å². The first-order chi connectivity index (χ1) is 61.0. The lowest BCUT2D eigenvalue weighted by molar-refractivity contribution is -0.382. The fraction of sp³-hybridized carbons (Fsp3) is 0.728. The molecule has 0 spiro atoms. The van der Waals surface area contributed by atoms with Crippen LogP contribution >= 0.6 is 0 Å². The highest BCUT2D eigenvalue weighted by Gasteiger charge is 2.84. The number of hydrogen-bond acceptors (Lipinski definition) is 22. The van der Waals surface area contributed by atoms with Crippen LogP contribution in [-0.2, 0) is 96.7 Å². The molecule has 3 aliphatic heterocycles. The Balaban J connectivity index is 0. The quantitative estimate of drug-likeness (QED) is 0.00655. The molecule has 15 rings (SSSR count). The van der Waals surface area contributed by atoms with E-state index in [0.717, 1.165) is 82.3 Å². The van der Waals surface area contributed by atoms with Gasteiger partial charge in [-0.2, -0.15) is 39.5 Å². The van der Waals surface area contributed by atoms with Crippen LogP contribution in [-0.4, -0.2) is 213 Å². The minimum atomic E-state index is -7.43. The van der Waals surface area contributed by atoms with Crippen molar-refractivity contribution in [2.45, 2.75) is 349 Å². The van der Waals surface area contributed by atoms with Gasteiger partial charge in [-0.15, -0.1) is 0 Å². The summed E-state index contributed by atoms with van der Waals surface area (Å²) >= 11 is 0. The zero-order valence-electron chi connectivity index (χ0n) is 80.5. The van der Waals surface area contributed by atoms with Crippen molar-refractivity contribution in [3.8, 4) is 0 Å². The standard InChI is InChI=1S/C18H30O2.C18H15S.C16H26O3.C13H18O5.C12H27NO6.C9H12.C4HF9O3S.C4H10.C3H10O2Si.6CH4/c1-5-17(3,4)16(19)20-18(6-2)14-8-12-7-13(10-14)11-15(18)9-12;1-4-10-16(11-5-1)19(17-12-6-2-7-13-17)18-14-8-3-9-15-18;1-4-14(2,3)13(17)19-16-8-11-5-12(9-16)7-15(18,6-11)10-16;1-4-13(2,3)12(15)18-9-7-5-6-8(16-7)10(9)17-11(6)14;1-14-10-17-7-4-13(5-8-18-11-15-2)6-9-19-12-16-3;1-8(2)9-6-4-3-5-7-9;5-1(6,3(9,10)11)2(7,8)4(12,13)17(14,15)16;1-4(2)3;1-5-6(2,3)4;;;;;;/h12-15H,5-11H2,1-4H3;1-15H;11-12,18H,4-10H2,1-3H3;6-10H,4-5H2,1-3H3;4-12H2,1-3H3;3-8H,1-2H3;(H,14,15,16);4H,1-3H3;4H,1-3H3;6*1H4/q;+1;;;;;;;;;;;;;/p-1. The van der Waals surface area contributed by atoms with Gasteiger partial charge in [0, 0.05) is 54.5 Å². The summed E-state index contributed by atoms with van der Waals surface area (Å²) in [6.45, 7) is 39.5. The molecule has 0 amide bonds. The summed E-state index contributed by atoms with van der Waals surface area (Å²) in [5, 5.41) is 3.54. The maximum atomic E-state index is 12.6. The third kappa shape index (κ3) is 38.0. The van der Waals surface area contributed by atoms with Crippen molar-refractivity contribution in [2.75, 3.05) is 88.3 Å². The molecular formula is C103H172F9NO21S2Si. The number of rotatable bonds is 33. The summed E-state index contributed by atoms with van der Waals surface area (Å²) < 4.78 is 199. The van der Waals surface area contributed by atoms with Gasteiger partial charge in [-0.05, 0) is 240 Å². The minimum absolute atomic E-state index is 0. The zero-order valence-corrected chi connectivity index (χ0v) is 83.2. The average molecular weight is 2020 g/mol. The second kappa shape index (κ2) is 58.8. The van der Waals surface area contributed by atoms with E-state index in [9.17, 15) is 76.8 Å². The van der Waals surface area contributed by atoms with Crippen molar-refractivity contribution in [3.63, 3.8) is 0 Å². The third-order valence-electron chi connectivity index (χ3n) is 25.6. The summed E-state index contributed by atoms with van der Waals surface area (Å²) in [4.78, 5) is 63.6. The van der Waals surface area contributed by atoms with Crippen LogP contribution in [0.15, 0.2) is 136 Å². The average Bonchev–Trinajstić information content (AvgIpc) is 1.39. The number of halogens is 9. The van der Waals surface area contributed by atoms with Gasteiger partial charge in [0.15, 0.2) is 37.0 Å². The normalized spacial score (nSPS) is 24.3. The first-order valence-corrected chi connectivity index (χ1v) is 51.1. The van der Waals surface area contributed by atoms with Gasteiger partial charge in [0.2, 0.25) is 0 Å². The fourth-order valence-electron chi connectivity index (χ4n) is 17.6. The van der Waals surface area contributed by atoms with Crippen molar-refractivity contribution in [1.82, 2.24) is 4.90 Å². The van der Waals surface area contributed by atoms with Crippen LogP contribution in [0.3, 0.4) is 0 Å². The van der Waals surface area contributed by atoms with Crippen LogP contribution in [0.4, 0.5) is 39.5 Å². The van der Waals surface area contributed by atoms with E-state index >= 15 is 0 Å². The Kier molecular flexibility index (Phi) is 57.2. The number of ether oxygens (including phenoxy) is 11. The van der Waals surface area contributed by atoms with Crippen molar-refractivity contribution >= 4 is 53.5 Å². The van der Waals surface area contributed by atoms with Crippen molar-refractivity contribution < 1.29 is 138 Å². The molecule has 7 atom stereocenters. The summed E-state index contributed by atoms with van der Waals surface area (Å²) in [6.07, 6.45) is 7.95. The Morgan fingerprint density at radius 2 is 0.883 bits per heavy atom. The molecule has 34 heteroatoms. The molecule has 0 aromatic heterocycles. The number of alkyl halides is 9. The molecule has 0 radical (unpaired) electrons. The van der Waals surface area contributed by atoms with Gasteiger partial charge < -0.3 is 71.0 Å². The van der Waals surface area contributed by atoms with E-state index in [1.807, 2.05) is 61.5 Å². The topological polar surface area (TPSA) is 280 Å². The van der Waals surface area contributed by atoms with Crippen LogP contribution in [0, 0.1) is 63.6 Å². The Bertz CT molecular complexity index is 3990. The van der Waals surface area contributed by atoms with Gasteiger partial charge in [0.05, 0.1) is 64.6 Å². The van der Waals surface area contributed by atoms with E-state index in [1.54, 1.807) is 34.4 Å². The van der Waals surface area contributed by atoms with E-state index in [-0.39, 0.29) is 114 Å². The van der Waals surface area contributed by atoms with Gasteiger partial charge in [0.1, 0.15) is 37.7 Å². The molecule has 794 valence electrons. The van der Waals surface area contributed by atoms with E-state index in [1.165, 1.54) is 65.9 Å². The molecule has 8 aliphatic carbocycles. The van der Waals surface area contributed by atoms with Gasteiger partial charge >= 0.3 is 55.7 Å². The number of nitrogens with zero attached hydrogens (tertiary/aromatic N) is 1. The van der Waals surface area contributed by atoms with Gasteiger partial charge in [0.25, 0.3) is 0 Å². The lowest BCUT2D eigenvalue weighted by Crippen LogP contribution is -2.63. The molecule has 11 aliphatic rings. The summed E-state index contributed by atoms with van der Waals surface area (Å²) in [7, 11) is -3.22. The number of fused-ring (bicyclic) bond motifs is 1. The number of benzene rings is 4. The molecule has 11 fully saturated rings. The highest BCUT2D eigenvalue weighted by molar-refractivity contribution is 7.97. The lowest BCUT2D eigenvalue weighted by Gasteiger charge is -2.60. The van der Waals surface area contributed by atoms with E-state index in [2.05, 4.69) is 173 Å². The molecular weight excluding hydrogens is 1850 g/mol. The molecule has 7 unspecified atom stereocenters. The smallest absolute Gasteiger partial charge is 0.460 e. The zero-order chi connectivity index (χ0) is 98.6. The number of carbonyl (C=O) groups excluding carboxylic acids is 4. The van der Waals surface area contributed by atoms with Crippen LogP contribution in [0.25, 0.3) is 0 Å². The second-order valence-electron chi connectivity index (χ2n) is 38.8. The lowest BCUT2D eigenvalue weighted by atomic mass is 9.49.